The highest BCUT2D eigenvalue weighted by Crippen LogP contribution is 2.21. The number of carbonyl (C=O) groups excluding carboxylic acids is 5. The Morgan fingerprint density at radius 3 is 2.11 bits per heavy atom. The lowest BCUT2D eigenvalue weighted by Crippen LogP contribution is -2.54. The third-order valence-electron chi connectivity index (χ3n) is 8.28. The monoisotopic (exact) mass is 623 g/mol. The van der Waals surface area contributed by atoms with Crippen LogP contribution in [0, 0.1) is 17.8 Å². The Balaban J connectivity index is 2.28. The van der Waals surface area contributed by atoms with Crippen molar-refractivity contribution in [1.29, 1.82) is 0 Å². The van der Waals surface area contributed by atoms with Gasteiger partial charge < -0.3 is 27.4 Å². The van der Waals surface area contributed by atoms with Crippen molar-refractivity contribution < 1.29 is 24.0 Å². The van der Waals surface area contributed by atoms with Crippen molar-refractivity contribution in [2.75, 3.05) is 6.54 Å². The summed E-state index contributed by atoms with van der Waals surface area (Å²) < 4.78 is 0. The van der Waals surface area contributed by atoms with Gasteiger partial charge in [0, 0.05) is 25.2 Å². The summed E-state index contributed by atoms with van der Waals surface area (Å²) in [6, 6.07) is 11.2. The number of ketones is 1. The summed E-state index contributed by atoms with van der Waals surface area (Å²) in [6.45, 7) is 9.83. The number of fused-ring (bicyclic) bond motifs is 1. The summed E-state index contributed by atoms with van der Waals surface area (Å²) in [7, 11) is 0. The molecule has 2 aromatic rings. The van der Waals surface area contributed by atoms with E-state index in [2.05, 4.69) is 16.0 Å². The third-order valence-corrected chi connectivity index (χ3v) is 8.28. The number of nitrogens with one attached hydrogen (secondary N) is 3. The van der Waals surface area contributed by atoms with Crippen molar-refractivity contribution >= 4 is 40.2 Å². The quantitative estimate of drug-likeness (QED) is 0.141. The first-order chi connectivity index (χ1) is 21.4. The maximum Gasteiger partial charge on any atom is 0.243 e. The molecule has 10 nitrogen and oxygen atoms in total. The Bertz CT molecular complexity index is 1300. The van der Waals surface area contributed by atoms with Crippen LogP contribution in [0.15, 0.2) is 42.5 Å². The van der Waals surface area contributed by atoms with Crippen LogP contribution in [0.2, 0.25) is 0 Å². The number of unbranched alkanes of at least 4 members (excludes halogenated alkanes) is 1. The largest absolute Gasteiger partial charge is 0.368 e. The number of primary amides is 1. The summed E-state index contributed by atoms with van der Waals surface area (Å²) in [4.78, 5) is 65.4. The van der Waals surface area contributed by atoms with Crippen LogP contribution in [0.5, 0.6) is 0 Å². The van der Waals surface area contributed by atoms with E-state index in [0.717, 1.165) is 16.3 Å². The van der Waals surface area contributed by atoms with Gasteiger partial charge in [-0.1, -0.05) is 89.9 Å². The molecule has 248 valence electrons. The van der Waals surface area contributed by atoms with Gasteiger partial charge in [0.1, 0.15) is 12.1 Å². The molecule has 0 aliphatic rings. The smallest absolute Gasteiger partial charge is 0.243 e. The van der Waals surface area contributed by atoms with E-state index < -0.39 is 41.8 Å². The molecule has 7 N–H and O–H groups in total. The number of hydrogen-bond acceptors (Lipinski definition) is 6. The summed E-state index contributed by atoms with van der Waals surface area (Å²) >= 11 is 0. The molecule has 2 aromatic carbocycles. The molecule has 0 spiro atoms. The van der Waals surface area contributed by atoms with Crippen molar-refractivity contribution in [1.82, 2.24) is 16.0 Å². The maximum absolute atomic E-state index is 13.8. The second kappa shape index (κ2) is 18.9. The molecule has 2 rings (SSSR count). The van der Waals surface area contributed by atoms with Gasteiger partial charge in [-0.15, -0.1) is 0 Å². The van der Waals surface area contributed by atoms with E-state index in [1.807, 2.05) is 70.2 Å². The minimum atomic E-state index is -0.894. The number of rotatable bonds is 20. The van der Waals surface area contributed by atoms with Gasteiger partial charge in [-0.05, 0) is 54.0 Å². The molecule has 10 heteroatoms. The standard InChI is InChI=1S/C35H53N5O5/c1-6-23(5)32(30(41)21-27(14-10-11-17-36)34(44)39-28(33(37)43)18-22(3)4)40-35(45)29(38-31(42)7-2)20-24-15-16-25-12-8-9-13-26(25)19-24/h8-9,12-13,15-16,19,22-23,27-29,32H,6-7,10-11,14,17-18,20-21,36H2,1-5H3,(H2,37,43)(H,38,42)(H,39,44)(H,40,45)/t23-,27+,28-,29-,32-/m0/s1. The zero-order valence-corrected chi connectivity index (χ0v) is 27.6. The molecule has 45 heavy (non-hydrogen) atoms. The molecular formula is C35H53N5O5. The lowest BCUT2D eigenvalue weighted by molar-refractivity contribution is -0.135. The fraction of sp³-hybridized carbons (Fsp3) is 0.571. The lowest BCUT2D eigenvalue weighted by atomic mass is 9.87. The molecule has 0 aliphatic heterocycles. The van der Waals surface area contributed by atoms with Gasteiger partial charge in [-0.3, -0.25) is 24.0 Å². The van der Waals surface area contributed by atoms with Crippen molar-refractivity contribution in [3.63, 3.8) is 0 Å². The van der Waals surface area contributed by atoms with Gasteiger partial charge >= 0.3 is 0 Å². The number of nitrogens with two attached hydrogens (primary N) is 2. The molecule has 0 bridgehead atoms. The van der Waals surface area contributed by atoms with Crippen molar-refractivity contribution in [2.45, 2.75) is 104 Å². The molecular weight excluding hydrogens is 570 g/mol. The topological polar surface area (TPSA) is 173 Å². The fourth-order valence-electron chi connectivity index (χ4n) is 5.37. The molecule has 0 aromatic heterocycles. The number of benzene rings is 2. The molecule has 0 heterocycles. The van der Waals surface area contributed by atoms with Crippen LogP contribution in [0.4, 0.5) is 0 Å². The zero-order chi connectivity index (χ0) is 33.5. The fourth-order valence-corrected chi connectivity index (χ4v) is 5.37. The Morgan fingerprint density at radius 1 is 0.822 bits per heavy atom. The van der Waals surface area contributed by atoms with Gasteiger partial charge in [-0.2, -0.15) is 0 Å². The molecule has 4 amide bonds. The minimum absolute atomic E-state index is 0.116. The molecule has 5 atom stereocenters. The second-order valence-corrected chi connectivity index (χ2v) is 12.5. The van der Waals surface area contributed by atoms with Crippen LogP contribution in [0.1, 0.15) is 85.1 Å². The van der Waals surface area contributed by atoms with Crippen LogP contribution in [0.3, 0.4) is 0 Å². The average molecular weight is 624 g/mol. The highest BCUT2D eigenvalue weighted by atomic mass is 16.2. The van der Waals surface area contributed by atoms with Crippen LogP contribution < -0.4 is 27.4 Å². The Morgan fingerprint density at radius 2 is 1.51 bits per heavy atom. The predicted molar refractivity (Wildman–Crippen MR) is 178 cm³/mol. The Labute approximate surface area is 267 Å². The normalized spacial score (nSPS) is 14.6. The van der Waals surface area contributed by atoms with Crippen molar-refractivity contribution in [2.24, 2.45) is 29.2 Å². The van der Waals surface area contributed by atoms with Crippen molar-refractivity contribution in [3.8, 4) is 0 Å². The van der Waals surface area contributed by atoms with E-state index in [1.165, 1.54) is 0 Å². The lowest BCUT2D eigenvalue weighted by Gasteiger charge is -2.28. The van der Waals surface area contributed by atoms with Crippen LogP contribution in [0.25, 0.3) is 10.8 Å². The summed E-state index contributed by atoms with van der Waals surface area (Å²) in [5.41, 5.74) is 12.1. The minimum Gasteiger partial charge on any atom is -0.368 e. The van der Waals surface area contributed by atoms with Gasteiger partial charge in [0.05, 0.1) is 6.04 Å². The highest BCUT2D eigenvalue weighted by Gasteiger charge is 2.33. The predicted octanol–water partition coefficient (Wildman–Crippen LogP) is 3.53. The SMILES string of the molecule is CCC(=O)N[C@@H](Cc1ccc2ccccc2c1)C(=O)N[C@H](C(=O)C[C@@H](CCCCN)C(=O)N[C@@H](CC(C)C)C(N)=O)[C@@H](C)CC. The third kappa shape index (κ3) is 12.3. The van der Waals surface area contributed by atoms with Gasteiger partial charge in [0.25, 0.3) is 0 Å². The first-order valence-electron chi connectivity index (χ1n) is 16.3. The molecule has 0 aliphatic carbocycles. The van der Waals surface area contributed by atoms with E-state index in [1.54, 1.807) is 6.92 Å². The van der Waals surface area contributed by atoms with E-state index >= 15 is 0 Å². The van der Waals surface area contributed by atoms with Crippen LogP contribution >= 0.6 is 0 Å². The molecule has 0 radical (unpaired) electrons. The summed E-state index contributed by atoms with van der Waals surface area (Å²) in [6.07, 6.45) is 3.05. The van der Waals surface area contributed by atoms with Crippen LogP contribution in [-0.4, -0.2) is 54.1 Å². The molecule has 0 unspecified atom stereocenters. The Kier molecular flexibility index (Phi) is 15.7. The highest BCUT2D eigenvalue weighted by molar-refractivity contribution is 5.96. The maximum atomic E-state index is 13.8. The zero-order valence-electron chi connectivity index (χ0n) is 27.6. The van der Waals surface area contributed by atoms with Gasteiger partial charge in [0.15, 0.2) is 5.78 Å². The number of carbonyl (C=O) groups is 5. The molecule has 0 saturated heterocycles. The first-order valence-corrected chi connectivity index (χ1v) is 16.3. The van der Waals surface area contributed by atoms with E-state index in [0.29, 0.717) is 38.6 Å². The molecule has 0 saturated carbocycles. The second-order valence-electron chi connectivity index (χ2n) is 12.5. The van der Waals surface area contributed by atoms with Gasteiger partial charge in [-0.25, -0.2) is 0 Å². The van der Waals surface area contributed by atoms with Crippen molar-refractivity contribution in [3.05, 3.63) is 48.0 Å². The first kappa shape index (κ1) is 37.4. The summed E-state index contributed by atoms with van der Waals surface area (Å²) in [5, 5.41) is 10.6. The number of hydrogen-bond donors (Lipinski definition) is 5. The molecule has 0 fully saturated rings. The Hall–Kier alpha value is -3.79. The average Bonchev–Trinajstić information content (AvgIpc) is 3.01. The van der Waals surface area contributed by atoms with Gasteiger partial charge in [0.2, 0.25) is 23.6 Å². The number of amides is 4. The van der Waals surface area contributed by atoms with E-state index in [9.17, 15) is 24.0 Å². The number of Topliss-reactive ketones (excluding diaryl/α,β-unsaturated/α-hetero) is 1. The summed E-state index contributed by atoms with van der Waals surface area (Å²) in [5.74, 6) is -2.87. The van der Waals surface area contributed by atoms with E-state index in [4.69, 9.17) is 11.5 Å². The van der Waals surface area contributed by atoms with E-state index in [-0.39, 0.29) is 42.8 Å². The van der Waals surface area contributed by atoms with Crippen LogP contribution in [-0.2, 0) is 30.4 Å².